The predicted molar refractivity (Wildman–Crippen MR) is 188 cm³/mol. The van der Waals surface area contributed by atoms with E-state index in [0.717, 1.165) is 59.0 Å². The lowest BCUT2D eigenvalue weighted by Crippen LogP contribution is -2.40. The first-order valence-corrected chi connectivity index (χ1v) is 19.2. The van der Waals surface area contributed by atoms with Crippen molar-refractivity contribution in [3.8, 4) is 11.3 Å². The molecule has 4 aromatic rings. The van der Waals surface area contributed by atoms with Gasteiger partial charge in [0.1, 0.15) is 12.3 Å². The smallest absolute Gasteiger partial charge is 0.355 e. The van der Waals surface area contributed by atoms with E-state index in [2.05, 4.69) is 52.6 Å². The van der Waals surface area contributed by atoms with Crippen LogP contribution in [-0.2, 0) is 31.9 Å². The fourth-order valence-corrected chi connectivity index (χ4v) is 7.11. The maximum Gasteiger partial charge on any atom is 0.355 e. The summed E-state index contributed by atoms with van der Waals surface area (Å²) in [6.07, 6.45) is 5.61. The minimum Gasteiger partial charge on any atom is -0.465 e. The Morgan fingerprint density at radius 1 is 0.913 bits per heavy atom. The Hall–Kier alpha value is -3.94. The first kappa shape index (κ1) is 33.4. The van der Waals surface area contributed by atoms with E-state index in [4.69, 9.17) is 13.9 Å². The molecule has 1 heterocycles. The van der Waals surface area contributed by atoms with Gasteiger partial charge in [-0.3, -0.25) is 0 Å². The fourth-order valence-electron chi connectivity index (χ4n) is 6.16. The van der Waals surface area contributed by atoms with Gasteiger partial charge in [-0.15, -0.1) is 0 Å². The van der Waals surface area contributed by atoms with E-state index in [9.17, 15) is 9.59 Å². The van der Waals surface area contributed by atoms with Crippen molar-refractivity contribution in [3.63, 3.8) is 0 Å². The van der Waals surface area contributed by atoms with Crippen LogP contribution in [0.15, 0.2) is 79.4 Å². The van der Waals surface area contributed by atoms with Crippen LogP contribution in [0.4, 0.5) is 0 Å². The van der Waals surface area contributed by atoms with E-state index >= 15 is 0 Å². The Kier molecular flexibility index (Phi) is 10.0. The summed E-state index contributed by atoms with van der Waals surface area (Å²) in [6, 6.07) is 23.6. The van der Waals surface area contributed by atoms with E-state index in [0.29, 0.717) is 18.1 Å². The number of methoxy groups -OCH3 is 1. The van der Waals surface area contributed by atoms with E-state index < -0.39 is 20.3 Å². The average Bonchev–Trinajstić information content (AvgIpc) is 3.40. The summed E-state index contributed by atoms with van der Waals surface area (Å²) in [7, 11) is -0.682. The van der Waals surface area contributed by atoms with Gasteiger partial charge in [0.05, 0.1) is 30.5 Å². The quantitative estimate of drug-likeness (QED) is 0.0984. The van der Waals surface area contributed by atoms with Gasteiger partial charge in [0.15, 0.2) is 8.32 Å². The molecule has 0 aliphatic heterocycles. The summed E-state index contributed by atoms with van der Waals surface area (Å²) in [5.74, 6) is -0.662. The third-order valence-electron chi connectivity index (χ3n) is 9.83. The first-order valence-electron chi connectivity index (χ1n) is 16.3. The molecule has 0 saturated heterocycles. The van der Waals surface area contributed by atoms with Crippen LogP contribution in [0.3, 0.4) is 0 Å². The summed E-state index contributed by atoms with van der Waals surface area (Å²) < 4.78 is 19.6. The van der Waals surface area contributed by atoms with E-state index in [1.54, 1.807) is 0 Å². The molecule has 3 aromatic carbocycles. The van der Waals surface area contributed by atoms with Crippen molar-refractivity contribution in [2.45, 2.75) is 90.1 Å². The van der Waals surface area contributed by atoms with Crippen LogP contribution in [0.1, 0.15) is 85.8 Å². The van der Waals surface area contributed by atoms with Gasteiger partial charge in [-0.1, -0.05) is 107 Å². The molecule has 1 fully saturated rings. The number of nitrogens with zero attached hydrogens (tertiary/aromatic N) is 1. The Bertz CT molecular complexity index is 1720. The molecule has 6 nitrogen and oxygen atoms in total. The SMILES string of the molecule is C=C(C(=O)OCc1ccccc1)n1c(-c2ccccc2CO[Si](C)(C)C(C)(C)C)c(C2CCCCC2)c2ccc(C(=O)OC)cc21. The van der Waals surface area contributed by atoms with Gasteiger partial charge < -0.3 is 18.5 Å². The number of carbonyl (C=O) groups is 2. The fraction of sp³-hybridized carbons (Fsp3) is 0.385. The molecule has 1 aromatic heterocycles. The highest BCUT2D eigenvalue weighted by molar-refractivity contribution is 6.74. The zero-order valence-corrected chi connectivity index (χ0v) is 29.2. The normalized spacial score (nSPS) is 14.3. The van der Waals surface area contributed by atoms with Crippen LogP contribution < -0.4 is 0 Å². The standard InChI is InChI=1S/C39H47NO5Si/c1-27(37(41)44-25-28-16-10-8-11-17-28)40-34-24-30(38(42)43-5)22-23-33(34)35(29-18-12-9-13-19-29)36(40)32-21-15-14-20-31(32)26-45-46(6,7)39(2,3)4/h8,10-11,14-17,20-24,29H,1,9,12-13,18-19,25-26H2,2-7H3. The Labute approximate surface area is 274 Å². The van der Waals surface area contributed by atoms with E-state index in [1.807, 2.05) is 65.2 Å². The highest BCUT2D eigenvalue weighted by atomic mass is 28.4. The first-order chi connectivity index (χ1) is 21.9. The summed E-state index contributed by atoms with van der Waals surface area (Å²) in [5.41, 5.74) is 6.38. The third-order valence-corrected chi connectivity index (χ3v) is 14.3. The molecule has 0 spiro atoms. The lowest BCUT2D eigenvalue weighted by molar-refractivity contribution is -0.138. The third kappa shape index (κ3) is 6.91. The van der Waals surface area contributed by atoms with Crippen LogP contribution >= 0.6 is 0 Å². The van der Waals surface area contributed by atoms with Crippen LogP contribution in [0.5, 0.6) is 0 Å². The molecule has 0 N–H and O–H groups in total. The average molecular weight is 638 g/mol. The molecular formula is C39H47NO5Si. The molecule has 5 rings (SSSR count). The van der Waals surface area contributed by atoms with Gasteiger partial charge in [0, 0.05) is 10.9 Å². The summed E-state index contributed by atoms with van der Waals surface area (Å²) >= 11 is 0. The zero-order valence-electron chi connectivity index (χ0n) is 28.2. The number of hydrogen-bond acceptors (Lipinski definition) is 5. The summed E-state index contributed by atoms with van der Waals surface area (Å²) in [4.78, 5) is 26.6. The van der Waals surface area contributed by atoms with Crippen molar-refractivity contribution < 1.29 is 23.5 Å². The molecule has 0 atom stereocenters. The molecule has 1 saturated carbocycles. The van der Waals surface area contributed by atoms with Gasteiger partial charge >= 0.3 is 11.9 Å². The van der Waals surface area contributed by atoms with Gasteiger partial charge in [-0.05, 0) is 65.7 Å². The molecule has 1 aliphatic carbocycles. The topological polar surface area (TPSA) is 66.8 Å². The number of ether oxygens (including phenoxy) is 2. The second-order valence-corrected chi connectivity index (χ2v) is 18.7. The molecule has 0 unspecified atom stereocenters. The van der Waals surface area contributed by atoms with Gasteiger partial charge in [-0.2, -0.15) is 0 Å². The highest BCUT2D eigenvalue weighted by Crippen LogP contribution is 2.47. The van der Waals surface area contributed by atoms with Gasteiger partial charge in [0.25, 0.3) is 0 Å². The molecule has 7 heteroatoms. The largest absolute Gasteiger partial charge is 0.465 e. The number of benzene rings is 3. The monoisotopic (exact) mass is 637 g/mol. The van der Waals surface area contributed by atoms with Crippen molar-refractivity contribution in [1.82, 2.24) is 4.57 Å². The molecule has 0 bridgehead atoms. The van der Waals surface area contributed by atoms with Crippen molar-refractivity contribution in [2.75, 3.05) is 7.11 Å². The lowest BCUT2D eigenvalue weighted by Gasteiger charge is -2.36. The number of fused-ring (bicyclic) bond motifs is 1. The minimum atomic E-state index is -2.06. The molecular weight excluding hydrogens is 591 g/mol. The van der Waals surface area contributed by atoms with Crippen LogP contribution in [0, 0.1) is 0 Å². The molecule has 0 amide bonds. The van der Waals surface area contributed by atoms with Crippen molar-refractivity contribution in [1.29, 1.82) is 0 Å². The van der Waals surface area contributed by atoms with E-state index in [-0.39, 0.29) is 17.3 Å². The highest BCUT2D eigenvalue weighted by Gasteiger charge is 2.37. The summed E-state index contributed by atoms with van der Waals surface area (Å²) in [5, 5.41) is 1.07. The second-order valence-electron chi connectivity index (χ2n) is 13.9. The Morgan fingerprint density at radius 2 is 1.59 bits per heavy atom. The molecule has 0 radical (unpaired) electrons. The van der Waals surface area contributed by atoms with Crippen LogP contribution in [0.25, 0.3) is 27.9 Å². The number of esters is 2. The Balaban J connectivity index is 1.71. The number of aromatic nitrogens is 1. The van der Waals surface area contributed by atoms with Crippen molar-refractivity contribution in [2.24, 2.45) is 0 Å². The number of rotatable bonds is 10. The van der Waals surface area contributed by atoms with Crippen LogP contribution in [0.2, 0.25) is 18.1 Å². The predicted octanol–water partition coefficient (Wildman–Crippen LogP) is 9.88. The second kappa shape index (κ2) is 13.8. The number of carbonyl (C=O) groups excluding carboxylic acids is 2. The minimum absolute atomic E-state index is 0.0607. The molecule has 46 heavy (non-hydrogen) atoms. The van der Waals surface area contributed by atoms with Crippen LogP contribution in [-0.4, -0.2) is 31.9 Å². The number of hydrogen-bond donors (Lipinski definition) is 0. The maximum atomic E-state index is 13.8. The summed E-state index contributed by atoms with van der Waals surface area (Å²) in [6.45, 7) is 16.2. The van der Waals surface area contributed by atoms with E-state index in [1.165, 1.54) is 19.1 Å². The zero-order chi connectivity index (χ0) is 33.1. The molecule has 1 aliphatic rings. The van der Waals surface area contributed by atoms with Gasteiger partial charge in [-0.25, -0.2) is 9.59 Å². The Morgan fingerprint density at radius 3 is 2.26 bits per heavy atom. The van der Waals surface area contributed by atoms with Crippen molar-refractivity contribution >= 4 is 36.9 Å². The maximum absolute atomic E-state index is 13.8. The molecule has 242 valence electrons. The lowest BCUT2D eigenvalue weighted by atomic mass is 9.81. The van der Waals surface area contributed by atoms with Crippen molar-refractivity contribution in [3.05, 3.63) is 102 Å². The van der Waals surface area contributed by atoms with Gasteiger partial charge in [0.2, 0.25) is 0 Å².